The minimum Gasteiger partial charge on any atom is -0.468 e. The SMILES string of the molecule is CC(C)(C)c1ccc(N2c3ccc(C(C)(C)C)cc3B3c4oc5cc6c(cc5c4N(c4ccc(C(C)(C)C)cc4)c4cccc2c43)-c2ccccc2C6(C)C)cc1. The molecular formula is C53H53BN2O. The summed E-state index contributed by atoms with van der Waals surface area (Å²) < 4.78 is 7.40. The molecule has 2 aliphatic heterocycles. The summed E-state index contributed by atoms with van der Waals surface area (Å²) in [5.74, 6) is 0. The zero-order valence-corrected chi connectivity index (χ0v) is 35.4. The summed E-state index contributed by atoms with van der Waals surface area (Å²) in [4.78, 5) is 4.99. The van der Waals surface area contributed by atoms with E-state index in [2.05, 4.69) is 207 Å². The first-order chi connectivity index (χ1) is 26.9. The van der Waals surface area contributed by atoms with Crippen molar-refractivity contribution in [3.8, 4) is 11.1 Å². The summed E-state index contributed by atoms with van der Waals surface area (Å²) in [6, 6.07) is 46.2. The molecule has 3 nitrogen and oxygen atoms in total. The quantitative estimate of drug-likeness (QED) is 0.164. The molecule has 284 valence electrons. The van der Waals surface area contributed by atoms with E-state index in [0.29, 0.717) is 0 Å². The molecular weight excluding hydrogens is 691 g/mol. The van der Waals surface area contributed by atoms with Gasteiger partial charge in [0.25, 0.3) is 6.71 Å². The Bertz CT molecular complexity index is 2770. The van der Waals surface area contributed by atoms with Crippen molar-refractivity contribution >= 4 is 68.4 Å². The number of hydrogen-bond acceptors (Lipinski definition) is 3. The maximum atomic E-state index is 7.40. The highest BCUT2D eigenvalue weighted by atomic mass is 16.3. The minimum atomic E-state index is -0.131. The summed E-state index contributed by atoms with van der Waals surface area (Å²) in [6.07, 6.45) is 0. The number of hydrogen-bond donors (Lipinski definition) is 0. The van der Waals surface area contributed by atoms with Crippen LogP contribution in [0.25, 0.3) is 22.1 Å². The number of rotatable bonds is 2. The van der Waals surface area contributed by atoms with E-state index in [1.54, 1.807) is 0 Å². The smallest absolute Gasteiger partial charge is 0.297 e. The molecule has 0 saturated heterocycles. The summed E-state index contributed by atoms with van der Waals surface area (Å²) in [5, 5.41) is 1.15. The van der Waals surface area contributed by atoms with Crippen molar-refractivity contribution < 1.29 is 4.42 Å². The Hall–Kier alpha value is -5.48. The molecule has 6 aromatic carbocycles. The normalized spacial score (nSPS) is 15.3. The fraction of sp³-hybridized carbons (Fsp3) is 0.283. The molecule has 1 aromatic heterocycles. The van der Waals surface area contributed by atoms with Crippen LogP contribution in [0.15, 0.2) is 126 Å². The van der Waals surface area contributed by atoms with Gasteiger partial charge in [-0.05, 0) is 121 Å². The third kappa shape index (κ3) is 5.25. The molecule has 10 rings (SSSR count). The van der Waals surface area contributed by atoms with E-state index in [0.717, 1.165) is 33.7 Å². The number of anilines is 6. The van der Waals surface area contributed by atoms with Gasteiger partial charge in [0.05, 0.1) is 11.3 Å². The number of fused-ring (bicyclic) bond motifs is 9. The maximum Gasteiger partial charge on any atom is 0.297 e. The van der Waals surface area contributed by atoms with Gasteiger partial charge in [0.2, 0.25) is 0 Å². The Labute approximate surface area is 339 Å². The molecule has 7 aromatic rings. The lowest BCUT2D eigenvalue weighted by molar-refractivity contribution is 0.590. The molecule has 3 heterocycles. The Balaban J connectivity index is 1.29. The van der Waals surface area contributed by atoms with Crippen LogP contribution in [0.4, 0.5) is 34.1 Å². The van der Waals surface area contributed by atoms with Crippen LogP contribution in [-0.4, -0.2) is 6.71 Å². The van der Waals surface area contributed by atoms with Crippen molar-refractivity contribution in [1.29, 1.82) is 0 Å². The van der Waals surface area contributed by atoms with Gasteiger partial charge in [-0.1, -0.05) is 143 Å². The van der Waals surface area contributed by atoms with Crippen molar-refractivity contribution in [2.75, 3.05) is 9.80 Å². The van der Waals surface area contributed by atoms with Gasteiger partial charge in [0, 0.05) is 39.2 Å². The van der Waals surface area contributed by atoms with Crippen molar-refractivity contribution in [3.05, 3.63) is 149 Å². The van der Waals surface area contributed by atoms with Crippen LogP contribution in [0.1, 0.15) is 104 Å². The summed E-state index contributed by atoms with van der Waals surface area (Å²) in [7, 11) is 0. The van der Waals surface area contributed by atoms with Gasteiger partial charge < -0.3 is 14.2 Å². The lowest BCUT2D eigenvalue weighted by Crippen LogP contribution is -2.61. The van der Waals surface area contributed by atoms with Crippen LogP contribution in [0.3, 0.4) is 0 Å². The van der Waals surface area contributed by atoms with Crippen molar-refractivity contribution in [3.63, 3.8) is 0 Å². The molecule has 0 fully saturated rings. The number of benzene rings is 6. The van der Waals surface area contributed by atoms with E-state index < -0.39 is 0 Å². The molecule has 0 bridgehead atoms. The first kappa shape index (κ1) is 35.9. The average molecular weight is 745 g/mol. The van der Waals surface area contributed by atoms with Crippen LogP contribution in [0.2, 0.25) is 0 Å². The second kappa shape index (κ2) is 11.8. The number of nitrogens with zero attached hydrogens (tertiary/aromatic N) is 2. The fourth-order valence-electron chi connectivity index (χ4n) is 9.85. The first-order valence-corrected chi connectivity index (χ1v) is 20.7. The van der Waals surface area contributed by atoms with E-state index in [-0.39, 0.29) is 28.4 Å². The van der Waals surface area contributed by atoms with Crippen LogP contribution in [-0.2, 0) is 21.7 Å². The summed E-state index contributed by atoms with van der Waals surface area (Å²) >= 11 is 0. The molecule has 0 amide bonds. The lowest BCUT2D eigenvalue weighted by Gasteiger charge is -2.43. The Morgan fingerprint density at radius 1 is 0.509 bits per heavy atom. The Morgan fingerprint density at radius 3 is 1.68 bits per heavy atom. The lowest BCUT2D eigenvalue weighted by atomic mass is 9.35. The molecule has 0 N–H and O–H groups in total. The second-order valence-corrected chi connectivity index (χ2v) is 20.3. The third-order valence-corrected chi connectivity index (χ3v) is 13.1. The Morgan fingerprint density at radius 2 is 1.07 bits per heavy atom. The van der Waals surface area contributed by atoms with E-state index in [1.165, 1.54) is 66.9 Å². The molecule has 0 spiro atoms. The van der Waals surface area contributed by atoms with E-state index >= 15 is 0 Å². The monoisotopic (exact) mass is 744 g/mol. The molecule has 0 unspecified atom stereocenters. The molecule has 1 aliphatic carbocycles. The molecule has 0 radical (unpaired) electrons. The summed E-state index contributed by atoms with van der Waals surface area (Å²) in [6.45, 7) is 25.3. The predicted molar refractivity (Wildman–Crippen MR) is 244 cm³/mol. The molecule has 4 heteroatoms. The minimum absolute atomic E-state index is 0.0278. The maximum absolute atomic E-state index is 7.40. The van der Waals surface area contributed by atoms with Gasteiger partial charge in [-0.25, -0.2) is 0 Å². The van der Waals surface area contributed by atoms with Gasteiger partial charge in [-0.15, -0.1) is 0 Å². The van der Waals surface area contributed by atoms with Crippen molar-refractivity contribution in [2.24, 2.45) is 0 Å². The highest BCUT2D eigenvalue weighted by Gasteiger charge is 2.47. The third-order valence-electron chi connectivity index (χ3n) is 13.1. The molecule has 0 saturated carbocycles. The average Bonchev–Trinajstić information content (AvgIpc) is 3.64. The van der Waals surface area contributed by atoms with Gasteiger partial charge in [0.15, 0.2) is 0 Å². The molecule has 3 aliphatic rings. The topological polar surface area (TPSA) is 19.6 Å². The van der Waals surface area contributed by atoms with Crippen LogP contribution in [0, 0.1) is 0 Å². The van der Waals surface area contributed by atoms with Gasteiger partial charge in [-0.2, -0.15) is 0 Å². The summed E-state index contributed by atoms with van der Waals surface area (Å²) in [5.41, 5.74) is 20.8. The van der Waals surface area contributed by atoms with Gasteiger partial charge in [-0.3, -0.25) is 0 Å². The van der Waals surface area contributed by atoms with Gasteiger partial charge in [0.1, 0.15) is 5.58 Å². The second-order valence-electron chi connectivity index (χ2n) is 20.3. The van der Waals surface area contributed by atoms with E-state index in [9.17, 15) is 0 Å². The number of furan rings is 1. The van der Waals surface area contributed by atoms with Crippen molar-refractivity contribution in [2.45, 2.75) is 97.8 Å². The molecule has 57 heavy (non-hydrogen) atoms. The largest absolute Gasteiger partial charge is 0.468 e. The zero-order valence-electron chi connectivity index (χ0n) is 35.4. The van der Waals surface area contributed by atoms with E-state index in [4.69, 9.17) is 4.42 Å². The van der Waals surface area contributed by atoms with Crippen LogP contribution >= 0.6 is 0 Å². The standard InChI is InChI=1S/C53H53BN2O/c1-50(2,3)32-19-24-35(25-20-32)55-43-28-23-34(52(7,8)9)29-42(43)54-47-44(55)17-14-18-45(47)56(36-26-21-33(22-27-36)51(4,5)6)48-39-30-38-37-15-12-13-16-40(37)53(10,11)41(38)31-46(39)57-49(48)54/h12-31H,1-11H3. The fourth-order valence-corrected chi connectivity index (χ4v) is 9.85. The van der Waals surface area contributed by atoms with Gasteiger partial charge >= 0.3 is 0 Å². The Kier molecular flexibility index (Phi) is 7.43. The predicted octanol–water partition coefficient (Wildman–Crippen LogP) is 12.7. The van der Waals surface area contributed by atoms with E-state index in [1.807, 2.05) is 0 Å². The highest BCUT2D eigenvalue weighted by Crippen LogP contribution is 2.53. The van der Waals surface area contributed by atoms with Crippen LogP contribution < -0.4 is 26.4 Å². The van der Waals surface area contributed by atoms with Crippen molar-refractivity contribution in [1.82, 2.24) is 0 Å². The first-order valence-electron chi connectivity index (χ1n) is 20.7. The molecule has 0 atom stereocenters. The van der Waals surface area contributed by atoms with Crippen LogP contribution in [0.5, 0.6) is 0 Å². The zero-order chi connectivity index (χ0) is 40.0. The highest BCUT2D eigenvalue weighted by molar-refractivity contribution is 7.00.